The molecular weight excluding hydrogens is 211 g/mol. The highest BCUT2D eigenvalue weighted by Crippen LogP contribution is 2.07. The number of carbonyl (C=O) groups is 1. The molecule has 0 bridgehead atoms. The van der Waals surface area contributed by atoms with Gasteiger partial charge in [-0.2, -0.15) is 4.39 Å². The number of halogens is 1. The number of rotatable bonds is 4. The molecule has 1 rings (SSSR count). The highest BCUT2D eigenvalue weighted by atomic mass is 19.1. The van der Waals surface area contributed by atoms with E-state index >= 15 is 0 Å². The summed E-state index contributed by atoms with van der Waals surface area (Å²) in [6.07, 6.45) is 1.13. The van der Waals surface area contributed by atoms with Crippen LogP contribution in [0.5, 0.6) is 0 Å². The first-order valence-electron chi connectivity index (χ1n) is 4.97. The molecule has 0 aliphatic carbocycles. The van der Waals surface area contributed by atoms with Crippen molar-refractivity contribution in [1.29, 1.82) is 0 Å². The molecular formula is C10H15FN4O. The van der Waals surface area contributed by atoms with Gasteiger partial charge >= 0.3 is 0 Å². The van der Waals surface area contributed by atoms with Crippen LogP contribution in [0.3, 0.4) is 0 Å². The smallest absolute Gasteiger partial charge is 0.239 e. The Morgan fingerprint density at radius 1 is 1.56 bits per heavy atom. The minimum atomic E-state index is -0.610. The molecule has 0 radical (unpaired) electrons. The fourth-order valence-corrected chi connectivity index (χ4v) is 1.20. The second kappa shape index (κ2) is 5.39. The van der Waals surface area contributed by atoms with Crippen molar-refractivity contribution >= 4 is 11.7 Å². The van der Waals surface area contributed by atoms with Crippen molar-refractivity contribution < 1.29 is 9.18 Å². The number of hydrogen-bond acceptors (Lipinski definition) is 4. The van der Waals surface area contributed by atoms with Gasteiger partial charge < -0.3 is 10.2 Å². The van der Waals surface area contributed by atoms with E-state index in [-0.39, 0.29) is 18.5 Å². The minimum absolute atomic E-state index is 0.0861. The van der Waals surface area contributed by atoms with Gasteiger partial charge in [-0.25, -0.2) is 9.97 Å². The number of amides is 1. The molecule has 0 saturated carbocycles. The van der Waals surface area contributed by atoms with Gasteiger partial charge in [0, 0.05) is 19.2 Å². The molecule has 6 heteroatoms. The number of anilines is 1. The summed E-state index contributed by atoms with van der Waals surface area (Å²) in [5.41, 5.74) is 0. The first-order chi connectivity index (χ1) is 7.49. The fourth-order valence-electron chi connectivity index (χ4n) is 1.20. The lowest BCUT2D eigenvalue weighted by Gasteiger charge is -2.18. The Balaban J connectivity index is 2.58. The molecule has 0 spiro atoms. The van der Waals surface area contributed by atoms with Gasteiger partial charge in [-0.1, -0.05) is 0 Å². The van der Waals surface area contributed by atoms with Crippen molar-refractivity contribution in [2.24, 2.45) is 0 Å². The van der Waals surface area contributed by atoms with Gasteiger partial charge in [0.25, 0.3) is 0 Å². The Kier molecular flexibility index (Phi) is 4.16. The van der Waals surface area contributed by atoms with E-state index in [4.69, 9.17) is 0 Å². The van der Waals surface area contributed by atoms with Crippen LogP contribution >= 0.6 is 0 Å². The number of nitrogens with one attached hydrogen (secondary N) is 1. The fraction of sp³-hybridized carbons (Fsp3) is 0.500. The molecule has 1 aromatic heterocycles. The van der Waals surface area contributed by atoms with E-state index in [9.17, 15) is 9.18 Å². The molecule has 0 saturated heterocycles. The van der Waals surface area contributed by atoms with Gasteiger partial charge in [0.15, 0.2) is 0 Å². The summed E-state index contributed by atoms with van der Waals surface area (Å²) in [6, 6.07) is 1.27. The van der Waals surface area contributed by atoms with Crippen LogP contribution in [0.25, 0.3) is 0 Å². The molecule has 0 fully saturated rings. The predicted molar refractivity (Wildman–Crippen MR) is 58.5 cm³/mol. The van der Waals surface area contributed by atoms with Gasteiger partial charge in [0.1, 0.15) is 12.1 Å². The average molecular weight is 226 g/mol. The van der Waals surface area contributed by atoms with Crippen molar-refractivity contribution in [2.75, 3.05) is 18.5 Å². The van der Waals surface area contributed by atoms with Crippen molar-refractivity contribution in [3.63, 3.8) is 0 Å². The van der Waals surface area contributed by atoms with E-state index in [1.165, 1.54) is 6.07 Å². The molecule has 1 amide bonds. The lowest BCUT2D eigenvalue weighted by atomic mass is 10.4. The number of aromatic nitrogens is 2. The maximum Gasteiger partial charge on any atom is 0.239 e. The van der Waals surface area contributed by atoms with E-state index in [0.29, 0.717) is 5.82 Å². The summed E-state index contributed by atoms with van der Waals surface area (Å²) in [7, 11) is 1.67. The number of nitrogens with zero attached hydrogens (tertiary/aromatic N) is 3. The number of carbonyl (C=O) groups excluding carboxylic acids is 1. The summed E-state index contributed by atoms with van der Waals surface area (Å²) in [4.78, 5) is 20.2. The van der Waals surface area contributed by atoms with Crippen LogP contribution in [-0.2, 0) is 4.79 Å². The zero-order valence-corrected chi connectivity index (χ0v) is 9.57. The van der Waals surface area contributed by atoms with Crippen LogP contribution in [0.15, 0.2) is 12.4 Å². The lowest BCUT2D eigenvalue weighted by molar-refractivity contribution is -0.120. The van der Waals surface area contributed by atoms with Gasteiger partial charge in [-0.05, 0) is 13.8 Å². The van der Waals surface area contributed by atoms with Crippen molar-refractivity contribution in [3.8, 4) is 0 Å². The summed E-state index contributed by atoms with van der Waals surface area (Å²) >= 11 is 0. The standard InChI is InChI=1S/C10H15FN4O/c1-7(2)14-10(16)5-15(3)9-4-8(11)12-6-13-9/h4,6-7H,5H2,1-3H3,(H,14,16). The van der Waals surface area contributed by atoms with Gasteiger partial charge in [-0.15, -0.1) is 0 Å². The summed E-state index contributed by atoms with van der Waals surface area (Å²) in [6.45, 7) is 3.89. The van der Waals surface area contributed by atoms with Crippen molar-refractivity contribution in [1.82, 2.24) is 15.3 Å². The van der Waals surface area contributed by atoms with Gasteiger partial charge in [0.2, 0.25) is 11.9 Å². The Morgan fingerprint density at radius 3 is 2.81 bits per heavy atom. The molecule has 1 heterocycles. The van der Waals surface area contributed by atoms with E-state index < -0.39 is 5.95 Å². The molecule has 0 aromatic carbocycles. The maximum atomic E-state index is 12.8. The van der Waals surface area contributed by atoms with E-state index in [2.05, 4.69) is 15.3 Å². The molecule has 1 aromatic rings. The van der Waals surface area contributed by atoms with E-state index in [1.807, 2.05) is 13.8 Å². The second-order valence-corrected chi connectivity index (χ2v) is 3.78. The second-order valence-electron chi connectivity index (χ2n) is 3.78. The maximum absolute atomic E-state index is 12.8. The van der Waals surface area contributed by atoms with Crippen molar-refractivity contribution in [3.05, 3.63) is 18.3 Å². The van der Waals surface area contributed by atoms with Crippen LogP contribution in [0.1, 0.15) is 13.8 Å². The average Bonchev–Trinajstić information content (AvgIpc) is 2.16. The highest BCUT2D eigenvalue weighted by molar-refractivity contribution is 5.81. The van der Waals surface area contributed by atoms with Crippen molar-refractivity contribution in [2.45, 2.75) is 19.9 Å². The Morgan fingerprint density at radius 2 is 2.25 bits per heavy atom. The molecule has 5 nitrogen and oxygen atoms in total. The molecule has 0 atom stereocenters. The van der Waals surface area contributed by atoms with Gasteiger partial charge in [0.05, 0.1) is 6.54 Å². The minimum Gasteiger partial charge on any atom is -0.352 e. The zero-order chi connectivity index (χ0) is 12.1. The Labute approximate surface area is 93.7 Å². The van der Waals surface area contributed by atoms with Crippen LogP contribution in [0.4, 0.5) is 10.2 Å². The quantitative estimate of drug-likeness (QED) is 0.763. The largest absolute Gasteiger partial charge is 0.352 e. The highest BCUT2D eigenvalue weighted by Gasteiger charge is 2.09. The Bertz CT molecular complexity index is 370. The third kappa shape index (κ3) is 3.80. The molecule has 0 aliphatic rings. The summed E-state index contributed by atoms with van der Waals surface area (Å²) < 4.78 is 12.8. The SMILES string of the molecule is CC(C)NC(=O)CN(C)c1cc(F)ncn1. The van der Waals surface area contributed by atoms with Crippen LogP contribution < -0.4 is 10.2 Å². The topological polar surface area (TPSA) is 58.1 Å². The third-order valence-electron chi connectivity index (χ3n) is 1.84. The third-order valence-corrected chi connectivity index (χ3v) is 1.84. The molecule has 0 unspecified atom stereocenters. The number of likely N-dealkylation sites (N-methyl/N-ethyl adjacent to an activating group) is 1. The van der Waals surface area contributed by atoms with Crippen LogP contribution in [0.2, 0.25) is 0 Å². The molecule has 16 heavy (non-hydrogen) atoms. The normalized spacial score (nSPS) is 10.3. The van der Waals surface area contributed by atoms with Crippen LogP contribution in [-0.4, -0.2) is 35.5 Å². The first-order valence-corrected chi connectivity index (χ1v) is 4.97. The zero-order valence-electron chi connectivity index (χ0n) is 9.57. The first kappa shape index (κ1) is 12.4. The number of hydrogen-bond donors (Lipinski definition) is 1. The van der Waals surface area contributed by atoms with E-state index in [1.54, 1.807) is 11.9 Å². The predicted octanol–water partition coefficient (Wildman–Crippen LogP) is 0.576. The molecule has 88 valence electrons. The molecule has 1 N–H and O–H groups in total. The lowest BCUT2D eigenvalue weighted by Crippen LogP contribution is -2.38. The summed E-state index contributed by atoms with van der Waals surface area (Å²) in [5, 5.41) is 2.74. The Hall–Kier alpha value is -1.72. The van der Waals surface area contributed by atoms with Gasteiger partial charge in [-0.3, -0.25) is 4.79 Å². The van der Waals surface area contributed by atoms with E-state index in [0.717, 1.165) is 6.33 Å². The monoisotopic (exact) mass is 226 g/mol. The van der Waals surface area contributed by atoms with Crippen LogP contribution in [0, 0.1) is 5.95 Å². The summed E-state index contributed by atoms with van der Waals surface area (Å²) in [5.74, 6) is -0.357. The molecule has 0 aliphatic heterocycles.